The van der Waals surface area contributed by atoms with Crippen LogP contribution in [-0.2, 0) is 0 Å². The molecule has 1 nitrogen and oxygen atoms in total. The predicted octanol–water partition coefficient (Wildman–Crippen LogP) is 21.1. The Morgan fingerprint density at radius 1 is 0.169 bits per heavy atom. The molecule has 0 N–H and O–H groups in total. The van der Waals surface area contributed by atoms with Crippen molar-refractivity contribution in [1.29, 1.82) is 0 Å². The lowest BCUT2D eigenvalue weighted by Gasteiger charge is -2.15. The Morgan fingerprint density at radius 2 is 0.558 bits per heavy atom. The monoisotopic (exact) mass is 975 g/mol. The van der Waals surface area contributed by atoms with Crippen molar-refractivity contribution < 1.29 is 0 Å². The van der Waals surface area contributed by atoms with Gasteiger partial charge in [0.1, 0.15) is 0 Å². The van der Waals surface area contributed by atoms with Crippen molar-refractivity contribution >= 4 is 64.9 Å². The van der Waals surface area contributed by atoms with Crippen LogP contribution in [0.4, 0.5) is 0 Å². The molecule has 1 aromatic heterocycles. The van der Waals surface area contributed by atoms with Gasteiger partial charge in [-0.15, -0.1) is 0 Å². The fraction of sp³-hybridized carbons (Fsp3) is 0. The van der Waals surface area contributed by atoms with Gasteiger partial charge in [0.05, 0.1) is 11.0 Å². The molecule has 1 heteroatoms. The third kappa shape index (κ3) is 7.79. The SMILES string of the molecule is c1ccc(-c2cc(-c3ccc4ccccc4c3)ccc2-c2ccc3c(c2)c2cc(-c4ccc(-c5ccc6ccccc6c5)cc4-c4ccccc4)ccc2n3-c2ccc(-c3cc4ccccc4c4ccccc34)cc2)cc1. The Kier molecular flexibility index (Phi) is 10.6. The molecule has 0 saturated carbocycles. The molecule has 77 heavy (non-hydrogen) atoms. The summed E-state index contributed by atoms with van der Waals surface area (Å²) in [6, 6.07) is 110. The van der Waals surface area contributed by atoms with E-state index in [0.29, 0.717) is 0 Å². The summed E-state index contributed by atoms with van der Waals surface area (Å²) in [4.78, 5) is 0. The molecule has 358 valence electrons. The summed E-state index contributed by atoms with van der Waals surface area (Å²) in [5, 5.41) is 12.4. The first kappa shape index (κ1) is 44.4. The fourth-order valence-corrected chi connectivity index (χ4v) is 12.1. The van der Waals surface area contributed by atoms with Crippen LogP contribution in [0.5, 0.6) is 0 Å². The number of rotatable bonds is 8. The zero-order valence-electron chi connectivity index (χ0n) is 42.2. The lowest BCUT2D eigenvalue weighted by Crippen LogP contribution is -1.94. The molecule has 0 aliphatic rings. The van der Waals surface area contributed by atoms with Gasteiger partial charge in [-0.05, 0) is 188 Å². The third-order valence-electron chi connectivity index (χ3n) is 16.0. The molecule has 15 aromatic rings. The number of benzene rings is 14. The lowest BCUT2D eigenvalue weighted by atomic mass is 9.89. The molecular weight excluding hydrogens is 927 g/mol. The molecule has 0 unspecified atom stereocenters. The maximum atomic E-state index is 2.46. The molecule has 0 bridgehead atoms. The van der Waals surface area contributed by atoms with Crippen molar-refractivity contribution in [3.63, 3.8) is 0 Å². The molecule has 0 atom stereocenters. The van der Waals surface area contributed by atoms with E-state index in [1.54, 1.807) is 0 Å². The molecule has 0 fully saturated rings. The predicted molar refractivity (Wildman–Crippen MR) is 329 cm³/mol. The molecule has 0 spiro atoms. The van der Waals surface area contributed by atoms with E-state index in [2.05, 4.69) is 302 Å². The van der Waals surface area contributed by atoms with E-state index in [4.69, 9.17) is 0 Å². The number of fused-ring (bicyclic) bond motifs is 8. The van der Waals surface area contributed by atoms with E-state index in [1.165, 1.54) is 132 Å². The molecule has 15 rings (SSSR count). The first-order valence-electron chi connectivity index (χ1n) is 26.6. The maximum Gasteiger partial charge on any atom is 0.0541 e. The van der Waals surface area contributed by atoms with E-state index in [9.17, 15) is 0 Å². The summed E-state index contributed by atoms with van der Waals surface area (Å²) < 4.78 is 2.46. The molecular formula is C76H49N. The minimum absolute atomic E-state index is 1.12. The van der Waals surface area contributed by atoms with Gasteiger partial charge in [0.2, 0.25) is 0 Å². The zero-order chi connectivity index (χ0) is 50.8. The van der Waals surface area contributed by atoms with Crippen molar-refractivity contribution in [2.24, 2.45) is 0 Å². The van der Waals surface area contributed by atoms with Crippen molar-refractivity contribution in [3.05, 3.63) is 297 Å². The molecule has 14 aromatic carbocycles. The van der Waals surface area contributed by atoms with Crippen LogP contribution in [0.15, 0.2) is 297 Å². The summed E-state index contributed by atoms with van der Waals surface area (Å²) in [5.74, 6) is 0. The number of aromatic nitrogens is 1. The standard InChI is InChI=1S/C76H49N/c1-3-17-52(18-4-1)70-45-59(57-29-27-50-15-7-9-21-55(50)43-57)33-39-66(70)62-35-41-75-73(48-62)74-49-63(67-40-34-60(46-71(67)53-19-5-2-6-20-53)58-30-28-51-16-8-10-22-56(51)44-58)36-42-76(74)77(75)64-37-31-54(32-38-64)72-47-61-23-11-12-24-65(61)68-25-13-14-26-69(68)72/h1-49H. The first-order chi connectivity index (χ1) is 38.1. The van der Waals surface area contributed by atoms with Gasteiger partial charge in [0.15, 0.2) is 0 Å². The summed E-state index contributed by atoms with van der Waals surface area (Å²) in [6.07, 6.45) is 0. The van der Waals surface area contributed by atoms with Crippen LogP contribution < -0.4 is 0 Å². The molecule has 0 aliphatic carbocycles. The van der Waals surface area contributed by atoms with Crippen molar-refractivity contribution in [2.75, 3.05) is 0 Å². The summed E-state index contributed by atoms with van der Waals surface area (Å²) in [5.41, 5.74) is 20.2. The molecule has 1 heterocycles. The average molecular weight is 976 g/mol. The molecule has 0 radical (unpaired) electrons. The van der Waals surface area contributed by atoms with Crippen molar-refractivity contribution in [2.45, 2.75) is 0 Å². The van der Waals surface area contributed by atoms with Crippen LogP contribution in [0.25, 0.3) is 148 Å². The number of hydrogen-bond acceptors (Lipinski definition) is 0. The highest BCUT2D eigenvalue weighted by Crippen LogP contribution is 2.44. The van der Waals surface area contributed by atoms with Crippen LogP contribution in [-0.4, -0.2) is 4.57 Å². The first-order valence-corrected chi connectivity index (χ1v) is 26.6. The smallest absolute Gasteiger partial charge is 0.0541 e. The van der Waals surface area contributed by atoms with Crippen molar-refractivity contribution in [3.8, 4) is 83.6 Å². The van der Waals surface area contributed by atoms with Crippen LogP contribution >= 0.6 is 0 Å². The minimum Gasteiger partial charge on any atom is -0.309 e. The largest absolute Gasteiger partial charge is 0.309 e. The van der Waals surface area contributed by atoms with Crippen LogP contribution in [0, 0.1) is 0 Å². The second-order valence-corrected chi connectivity index (χ2v) is 20.4. The van der Waals surface area contributed by atoms with Crippen LogP contribution in [0.3, 0.4) is 0 Å². The van der Waals surface area contributed by atoms with E-state index >= 15 is 0 Å². The minimum atomic E-state index is 1.12. The van der Waals surface area contributed by atoms with Crippen molar-refractivity contribution in [1.82, 2.24) is 4.57 Å². The van der Waals surface area contributed by atoms with E-state index in [1.807, 2.05) is 0 Å². The second kappa shape index (κ2) is 18.4. The second-order valence-electron chi connectivity index (χ2n) is 20.4. The lowest BCUT2D eigenvalue weighted by molar-refractivity contribution is 1.18. The number of hydrogen-bond donors (Lipinski definition) is 0. The Hall–Kier alpha value is -10.1. The zero-order valence-corrected chi connectivity index (χ0v) is 42.2. The highest BCUT2D eigenvalue weighted by atomic mass is 15.0. The van der Waals surface area contributed by atoms with Gasteiger partial charge in [-0.25, -0.2) is 0 Å². The van der Waals surface area contributed by atoms with Gasteiger partial charge in [0, 0.05) is 16.5 Å². The molecule has 0 amide bonds. The highest BCUT2D eigenvalue weighted by Gasteiger charge is 2.19. The number of nitrogens with zero attached hydrogens (tertiary/aromatic N) is 1. The Labute approximate surface area is 447 Å². The summed E-state index contributed by atoms with van der Waals surface area (Å²) in [7, 11) is 0. The van der Waals surface area contributed by atoms with Gasteiger partial charge < -0.3 is 4.57 Å². The quantitative estimate of drug-likeness (QED) is 0.134. The normalized spacial score (nSPS) is 11.6. The topological polar surface area (TPSA) is 4.93 Å². The van der Waals surface area contributed by atoms with Gasteiger partial charge in [0.25, 0.3) is 0 Å². The maximum absolute atomic E-state index is 2.46. The van der Waals surface area contributed by atoms with Gasteiger partial charge in [-0.2, -0.15) is 0 Å². The summed E-state index contributed by atoms with van der Waals surface area (Å²) >= 11 is 0. The Balaban J connectivity index is 0.919. The average Bonchev–Trinajstić information content (AvgIpc) is 4.03. The Morgan fingerprint density at radius 3 is 1.09 bits per heavy atom. The summed E-state index contributed by atoms with van der Waals surface area (Å²) in [6.45, 7) is 0. The van der Waals surface area contributed by atoms with Crippen LogP contribution in [0.2, 0.25) is 0 Å². The Bertz CT molecular complexity index is 4550. The van der Waals surface area contributed by atoms with E-state index in [-0.39, 0.29) is 0 Å². The molecule has 0 aliphatic heterocycles. The van der Waals surface area contributed by atoms with Gasteiger partial charge >= 0.3 is 0 Å². The van der Waals surface area contributed by atoms with Gasteiger partial charge in [-0.3, -0.25) is 0 Å². The third-order valence-corrected chi connectivity index (χ3v) is 16.0. The van der Waals surface area contributed by atoms with E-state index < -0.39 is 0 Å². The van der Waals surface area contributed by atoms with E-state index in [0.717, 1.165) is 16.7 Å². The van der Waals surface area contributed by atoms with Crippen LogP contribution in [0.1, 0.15) is 0 Å². The highest BCUT2D eigenvalue weighted by molar-refractivity contribution is 6.15. The molecule has 0 saturated heterocycles. The fourth-order valence-electron chi connectivity index (χ4n) is 12.1. The van der Waals surface area contributed by atoms with Gasteiger partial charge in [-0.1, -0.05) is 231 Å².